The lowest BCUT2D eigenvalue weighted by Gasteiger charge is -2.07. The van der Waals surface area contributed by atoms with Crippen molar-refractivity contribution in [3.63, 3.8) is 0 Å². The summed E-state index contributed by atoms with van der Waals surface area (Å²) in [6, 6.07) is 13.0. The first-order chi connectivity index (χ1) is 9.60. The highest BCUT2D eigenvalue weighted by Crippen LogP contribution is 2.18. The Morgan fingerprint density at radius 3 is 2.50 bits per heavy atom. The van der Waals surface area contributed by atoms with Crippen LogP contribution in [0.15, 0.2) is 46.9 Å². The van der Waals surface area contributed by atoms with Gasteiger partial charge in [0.15, 0.2) is 0 Å². The number of rotatable bonds is 4. The van der Waals surface area contributed by atoms with Crippen molar-refractivity contribution in [3.05, 3.63) is 63.6 Å². The Bertz CT molecular complexity index is 608. The van der Waals surface area contributed by atoms with Crippen molar-refractivity contribution < 1.29 is 9.90 Å². The third-order valence-corrected chi connectivity index (χ3v) is 3.90. The largest absolute Gasteiger partial charge is 0.396 e. The van der Waals surface area contributed by atoms with Crippen molar-refractivity contribution in [1.82, 2.24) is 0 Å². The highest BCUT2D eigenvalue weighted by Gasteiger charge is 2.07. The molecule has 3 nitrogen and oxygen atoms in total. The number of hydrogen-bond donors (Lipinski definition) is 2. The molecule has 0 aliphatic heterocycles. The van der Waals surface area contributed by atoms with Crippen molar-refractivity contribution in [1.29, 1.82) is 0 Å². The first-order valence-corrected chi connectivity index (χ1v) is 7.17. The van der Waals surface area contributed by atoms with Crippen molar-refractivity contribution >= 4 is 27.5 Å². The molecule has 0 aliphatic carbocycles. The van der Waals surface area contributed by atoms with E-state index in [0.717, 1.165) is 21.3 Å². The van der Waals surface area contributed by atoms with Crippen LogP contribution in [0.4, 0.5) is 5.69 Å². The molecule has 0 spiro atoms. The number of halogens is 1. The fraction of sp³-hybridized carbons (Fsp3) is 0.188. The van der Waals surface area contributed by atoms with Crippen LogP contribution in [0.5, 0.6) is 0 Å². The molecule has 0 unspecified atom stereocenters. The average Bonchev–Trinajstić information content (AvgIpc) is 2.44. The Morgan fingerprint density at radius 2 is 1.90 bits per heavy atom. The summed E-state index contributed by atoms with van der Waals surface area (Å²) in [5.41, 5.74) is 3.49. The zero-order valence-corrected chi connectivity index (χ0v) is 12.8. The van der Waals surface area contributed by atoms with Gasteiger partial charge in [-0.2, -0.15) is 0 Å². The third-order valence-electron chi connectivity index (χ3n) is 3.05. The Labute approximate surface area is 126 Å². The summed E-state index contributed by atoms with van der Waals surface area (Å²) in [4.78, 5) is 12.1. The molecule has 0 saturated carbocycles. The van der Waals surface area contributed by atoms with Crippen LogP contribution in [-0.2, 0) is 6.42 Å². The van der Waals surface area contributed by atoms with E-state index in [-0.39, 0.29) is 12.5 Å². The van der Waals surface area contributed by atoms with E-state index < -0.39 is 0 Å². The van der Waals surface area contributed by atoms with E-state index in [9.17, 15) is 4.79 Å². The first kappa shape index (κ1) is 14.8. The van der Waals surface area contributed by atoms with Crippen molar-refractivity contribution in [2.45, 2.75) is 13.3 Å². The van der Waals surface area contributed by atoms with Gasteiger partial charge in [0.25, 0.3) is 5.91 Å². The molecule has 2 aromatic rings. The first-order valence-electron chi connectivity index (χ1n) is 6.37. The van der Waals surface area contributed by atoms with E-state index >= 15 is 0 Å². The summed E-state index contributed by atoms with van der Waals surface area (Å²) in [6.07, 6.45) is 0.624. The highest BCUT2D eigenvalue weighted by atomic mass is 79.9. The second-order valence-electron chi connectivity index (χ2n) is 4.59. The van der Waals surface area contributed by atoms with Gasteiger partial charge in [-0.3, -0.25) is 4.79 Å². The quantitative estimate of drug-likeness (QED) is 0.898. The van der Waals surface area contributed by atoms with Gasteiger partial charge >= 0.3 is 0 Å². The van der Waals surface area contributed by atoms with Crippen LogP contribution in [0.3, 0.4) is 0 Å². The third kappa shape index (κ3) is 3.68. The molecule has 0 atom stereocenters. The van der Waals surface area contributed by atoms with Crippen molar-refractivity contribution in [2.24, 2.45) is 0 Å². The van der Waals surface area contributed by atoms with Gasteiger partial charge in [-0.25, -0.2) is 0 Å². The maximum atomic E-state index is 12.1. The fourth-order valence-corrected chi connectivity index (χ4v) is 2.20. The lowest BCUT2D eigenvalue weighted by molar-refractivity contribution is 0.102. The van der Waals surface area contributed by atoms with E-state index in [1.807, 2.05) is 43.3 Å². The summed E-state index contributed by atoms with van der Waals surface area (Å²) >= 11 is 3.42. The fourth-order valence-electron chi connectivity index (χ4n) is 1.82. The van der Waals surface area contributed by atoms with Crippen LogP contribution in [0.25, 0.3) is 0 Å². The monoisotopic (exact) mass is 333 g/mol. The maximum Gasteiger partial charge on any atom is 0.255 e. The maximum absolute atomic E-state index is 12.1. The molecular weight excluding hydrogens is 318 g/mol. The molecule has 0 aromatic heterocycles. The van der Waals surface area contributed by atoms with Crippen LogP contribution in [0.2, 0.25) is 0 Å². The van der Waals surface area contributed by atoms with Gasteiger partial charge in [-0.05, 0) is 48.7 Å². The van der Waals surface area contributed by atoms with E-state index in [1.54, 1.807) is 6.07 Å². The molecule has 0 bridgehead atoms. The molecule has 2 N–H and O–H groups in total. The number of anilines is 1. The number of aliphatic hydroxyl groups is 1. The van der Waals surface area contributed by atoms with Crippen LogP contribution in [0.1, 0.15) is 21.5 Å². The van der Waals surface area contributed by atoms with Crippen LogP contribution < -0.4 is 5.32 Å². The topological polar surface area (TPSA) is 49.3 Å². The number of nitrogens with one attached hydrogen (secondary N) is 1. The van der Waals surface area contributed by atoms with E-state index in [0.29, 0.717) is 12.0 Å². The number of hydrogen-bond acceptors (Lipinski definition) is 2. The number of amides is 1. The molecule has 2 aromatic carbocycles. The summed E-state index contributed by atoms with van der Waals surface area (Å²) in [6.45, 7) is 2.11. The Hall–Kier alpha value is -1.65. The second kappa shape index (κ2) is 6.68. The molecule has 104 valence electrons. The Morgan fingerprint density at radius 1 is 1.20 bits per heavy atom. The minimum absolute atomic E-state index is 0.128. The lowest BCUT2D eigenvalue weighted by atomic mass is 10.1. The molecule has 20 heavy (non-hydrogen) atoms. The predicted molar refractivity (Wildman–Crippen MR) is 84.1 cm³/mol. The Balaban J connectivity index is 2.08. The molecule has 0 aliphatic rings. The van der Waals surface area contributed by atoms with Crippen molar-refractivity contribution in [2.75, 3.05) is 11.9 Å². The molecule has 0 radical (unpaired) electrons. The SMILES string of the molecule is Cc1ccc(C(=O)Nc2ccc(CCO)cc2)cc1Br. The smallest absolute Gasteiger partial charge is 0.255 e. The molecule has 0 heterocycles. The average molecular weight is 334 g/mol. The molecule has 0 saturated heterocycles. The predicted octanol–water partition coefficient (Wildman–Crippen LogP) is 3.54. The normalized spacial score (nSPS) is 10.3. The van der Waals surface area contributed by atoms with Gasteiger partial charge in [0.05, 0.1) is 0 Å². The standard InChI is InChI=1S/C16H16BrNO2/c1-11-2-5-13(10-15(11)17)16(20)18-14-6-3-12(4-7-14)8-9-19/h2-7,10,19H,8-9H2,1H3,(H,18,20). The Kier molecular flexibility index (Phi) is 4.93. The molecule has 4 heteroatoms. The lowest BCUT2D eigenvalue weighted by Crippen LogP contribution is -2.12. The summed E-state index contributed by atoms with van der Waals surface area (Å²) in [5.74, 6) is -0.138. The zero-order chi connectivity index (χ0) is 14.5. The summed E-state index contributed by atoms with van der Waals surface area (Å²) in [7, 11) is 0. The van der Waals surface area contributed by atoms with E-state index in [2.05, 4.69) is 21.2 Å². The number of benzene rings is 2. The van der Waals surface area contributed by atoms with Gasteiger partial charge in [0, 0.05) is 22.3 Å². The number of carbonyl (C=O) groups is 1. The number of carbonyl (C=O) groups excluding carboxylic acids is 1. The summed E-state index contributed by atoms with van der Waals surface area (Å²) < 4.78 is 0.920. The number of aryl methyl sites for hydroxylation is 1. The van der Waals surface area contributed by atoms with Gasteiger partial charge in [0.2, 0.25) is 0 Å². The van der Waals surface area contributed by atoms with Crippen molar-refractivity contribution in [3.8, 4) is 0 Å². The summed E-state index contributed by atoms with van der Waals surface area (Å²) in [5, 5.41) is 11.7. The minimum atomic E-state index is -0.138. The molecule has 0 fully saturated rings. The number of aliphatic hydroxyl groups excluding tert-OH is 1. The highest BCUT2D eigenvalue weighted by molar-refractivity contribution is 9.10. The van der Waals surface area contributed by atoms with Gasteiger partial charge in [0.1, 0.15) is 0 Å². The second-order valence-corrected chi connectivity index (χ2v) is 5.44. The van der Waals surface area contributed by atoms with Gasteiger partial charge in [-0.15, -0.1) is 0 Å². The van der Waals surface area contributed by atoms with Gasteiger partial charge < -0.3 is 10.4 Å². The molecular formula is C16H16BrNO2. The van der Waals surface area contributed by atoms with Crippen LogP contribution >= 0.6 is 15.9 Å². The van der Waals surface area contributed by atoms with Crippen LogP contribution in [-0.4, -0.2) is 17.6 Å². The van der Waals surface area contributed by atoms with E-state index in [1.165, 1.54) is 0 Å². The minimum Gasteiger partial charge on any atom is -0.396 e. The van der Waals surface area contributed by atoms with Crippen LogP contribution in [0, 0.1) is 6.92 Å². The van der Waals surface area contributed by atoms with Gasteiger partial charge in [-0.1, -0.05) is 34.1 Å². The van der Waals surface area contributed by atoms with E-state index in [4.69, 9.17) is 5.11 Å². The molecule has 1 amide bonds. The molecule has 2 rings (SSSR count). The zero-order valence-electron chi connectivity index (χ0n) is 11.2.